The summed E-state index contributed by atoms with van der Waals surface area (Å²) in [6.07, 6.45) is 1.34. The minimum atomic E-state index is -0.666. The maximum absolute atomic E-state index is 12.4. The molecule has 1 unspecified atom stereocenters. The third kappa shape index (κ3) is 2.12. The summed E-state index contributed by atoms with van der Waals surface area (Å²) in [6, 6.07) is -0.332. The number of piperidine rings is 1. The van der Waals surface area contributed by atoms with Crippen LogP contribution in [0, 0.1) is 0 Å². The Morgan fingerprint density at radius 3 is 2.17 bits per heavy atom. The van der Waals surface area contributed by atoms with Crippen LogP contribution in [0.3, 0.4) is 0 Å². The number of amides is 3. The zero-order valence-electron chi connectivity index (χ0n) is 11.1. The van der Waals surface area contributed by atoms with Gasteiger partial charge in [0.1, 0.15) is 5.54 Å². The second-order valence-corrected chi connectivity index (χ2v) is 6.20. The molecule has 0 radical (unpaired) electrons. The van der Waals surface area contributed by atoms with Gasteiger partial charge in [0.25, 0.3) is 5.91 Å². The fourth-order valence-electron chi connectivity index (χ4n) is 2.73. The molecular weight excluding hydrogens is 250 g/mol. The molecule has 2 aliphatic rings. The van der Waals surface area contributed by atoms with E-state index in [1.54, 1.807) is 0 Å². The van der Waals surface area contributed by atoms with Crippen LogP contribution in [0.25, 0.3) is 0 Å². The number of imide groups is 1. The SMILES string of the molecule is CC(S)N1CCC2(CC1)NC(=O)N(C(C)C)C2=O. The molecule has 102 valence electrons. The maximum Gasteiger partial charge on any atom is 0.325 e. The summed E-state index contributed by atoms with van der Waals surface area (Å²) in [5.41, 5.74) is -0.666. The Labute approximate surface area is 113 Å². The zero-order valence-corrected chi connectivity index (χ0v) is 12.0. The summed E-state index contributed by atoms with van der Waals surface area (Å²) in [5.74, 6) is -0.0611. The Hall–Kier alpha value is -0.750. The van der Waals surface area contributed by atoms with Gasteiger partial charge in [0.15, 0.2) is 0 Å². The fraction of sp³-hybridized carbons (Fsp3) is 0.833. The van der Waals surface area contributed by atoms with Gasteiger partial charge < -0.3 is 5.32 Å². The van der Waals surface area contributed by atoms with Crippen molar-refractivity contribution >= 4 is 24.6 Å². The lowest BCUT2D eigenvalue weighted by molar-refractivity contribution is -0.134. The monoisotopic (exact) mass is 271 g/mol. The highest BCUT2D eigenvalue weighted by molar-refractivity contribution is 7.80. The molecule has 0 bridgehead atoms. The maximum atomic E-state index is 12.4. The van der Waals surface area contributed by atoms with Crippen molar-refractivity contribution in [2.24, 2.45) is 0 Å². The van der Waals surface area contributed by atoms with Gasteiger partial charge in [-0.15, -0.1) is 0 Å². The van der Waals surface area contributed by atoms with Gasteiger partial charge in [-0.05, 0) is 33.6 Å². The van der Waals surface area contributed by atoms with E-state index >= 15 is 0 Å². The first kappa shape index (κ1) is 13.7. The number of hydrogen-bond acceptors (Lipinski definition) is 4. The van der Waals surface area contributed by atoms with Crippen molar-refractivity contribution in [1.82, 2.24) is 15.1 Å². The number of carbonyl (C=O) groups excluding carboxylic acids is 2. The van der Waals surface area contributed by atoms with Crippen LogP contribution in [0.15, 0.2) is 0 Å². The van der Waals surface area contributed by atoms with Gasteiger partial charge in [0.05, 0.1) is 0 Å². The fourth-order valence-corrected chi connectivity index (χ4v) is 2.96. The predicted octanol–water partition coefficient (Wildman–Crippen LogP) is 1.06. The van der Waals surface area contributed by atoms with E-state index in [4.69, 9.17) is 0 Å². The number of likely N-dealkylation sites (tertiary alicyclic amines) is 1. The first-order valence-electron chi connectivity index (χ1n) is 6.45. The zero-order chi connectivity index (χ0) is 13.5. The normalized spacial score (nSPS) is 25.9. The van der Waals surface area contributed by atoms with E-state index in [1.165, 1.54) is 4.90 Å². The van der Waals surface area contributed by atoms with E-state index in [-0.39, 0.29) is 23.4 Å². The number of urea groups is 1. The van der Waals surface area contributed by atoms with Gasteiger partial charge in [-0.2, -0.15) is 12.6 Å². The second-order valence-electron chi connectivity index (χ2n) is 5.45. The van der Waals surface area contributed by atoms with Crippen LogP contribution in [0.5, 0.6) is 0 Å². The van der Waals surface area contributed by atoms with E-state index in [1.807, 2.05) is 20.8 Å². The lowest BCUT2D eigenvalue weighted by atomic mass is 9.87. The van der Waals surface area contributed by atoms with E-state index in [2.05, 4.69) is 22.8 Å². The summed E-state index contributed by atoms with van der Waals surface area (Å²) in [4.78, 5) is 27.9. The molecule has 0 aromatic rings. The van der Waals surface area contributed by atoms with Crippen LogP contribution in [0.4, 0.5) is 4.79 Å². The quantitative estimate of drug-likeness (QED) is 0.583. The minimum absolute atomic E-state index is 0.0611. The number of nitrogens with one attached hydrogen (secondary N) is 1. The smallest absolute Gasteiger partial charge is 0.323 e. The van der Waals surface area contributed by atoms with Crippen molar-refractivity contribution in [3.05, 3.63) is 0 Å². The van der Waals surface area contributed by atoms with Crippen LogP contribution in [-0.4, -0.2) is 51.8 Å². The van der Waals surface area contributed by atoms with Crippen LogP contribution >= 0.6 is 12.6 Å². The van der Waals surface area contributed by atoms with Crippen molar-refractivity contribution in [3.63, 3.8) is 0 Å². The molecule has 2 heterocycles. The lowest BCUT2D eigenvalue weighted by Crippen LogP contribution is -2.55. The number of rotatable bonds is 2. The number of carbonyl (C=O) groups is 2. The molecule has 1 atom stereocenters. The van der Waals surface area contributed by atoms with Crippen molar-refractivity contribution < 1.29 is 9.59 Å². The van der Waals surface area contributed by atoms with Crippen LogP contribution in [0.2, 0.25) is 0 Å². The Bertz CT molecular complexity index is 362. The molecule has 5 nitrogen and oxygen atoms in total. The first-order chi connectivity index (χ1) is 8.37. The Morgan fingerprint density at radius 1 is 1.22 bits per heavy atom. The summed E-state index contributed by atoms with van der Waals surface area (Å²) in [5, 5.41) is 3.09. The van der Waals surface area contributed by atoms with Gasteiger partial charge in [-0.3, -0.25) is 14.6 Å². The molecular formula is C12H21N3O2S. The molecule has 0 aromatic carbocycles. The molecule has 0 aromatic heterocycles. The number of nitrogens with zero attached hydrogens (tertiary/aromatic N) is 2. The molecule has 2 rings (SSSR count). The molecule has 2 aliphatic heterocycles. The van der Waals surface area contributed by atoms with Gasteiger partial charge in [-0.25, -0.2) is 4.79 Å². The first-order valence-corrected chi connectivity index (χ1v) is 6.97. The largest absolute Gasteiger partial charge is 0.325 e. The molecule has 3 amide bonds. The second kappa shape index (κ2) is 4.74. The van der Waals surface area contributed by atoms with Crippen molar-refractivity contribution in [2.45, 2.75) is 50.6 Å². The van der Waals surface area contributed by atoms with Gasteiger partial charge >= 0.3 is 6.03 Å². The minimum Gasteiger partial charge on any atom is -0.323 e. The molecule has 6 heteroatoms. The topological polar surface area (TPSA) is 52.7 Å². The summed E-state index contributed by atoms with van der Waals surface area (Å²) in [7, 11) is 0. The molecule has 18 heavy (non-hydrogen) atoms. The van der Waals surface area contributed by atoms with Gasteiger partial charge in [0.2, 0.25) is 0 Å². The summed E-state index contributed by atoms with van der Waals surface area (Å²) in [6.45, 7) is 7.34. The molecule has 0 saturated carbocycles. The number of thiol groups is 1. The van der Waals surface area contributed by atoms with Crippen molar-refractivity contribution in [2.75, 3.05) is 13.1 Å². The molecule has 0 aliphatic carbocycles. The standard InChI is InChI=1S/C12H21N3O2S/c1-8(2)15-10(16)12(13-11(15)17)4-6-14(7-5-12)9(3)18/h8-9,18H,4-7H2,1-3H3,(H,13,17). The predicted molar refractivity (Wildman–Crippen MR) is 72.5 cm³/mol. The van der Waals surface area contributed by atoms with Gasteiger partial charge in [-0.1, -0.05) is 0 Å². The average Bonchev–Trinajstić information content (AvgIpc) is 2.51. The Kier molecular flexibility index (Phi) is 3.60. The van der Waals surface area contributed by atoms with Crippen LogP contribution in [0.1, 0.15) is 33.6 Å². The van der Waals surface area contributed by atoms with Crippen LogP contribution in [-0.2, 0) is 4.79 Å². The molecule has 2 saturated heterocycles. The highest BCUT2D eigenvalue weighted by Crippen LogP contribution is 2.31. The third-order valence-electron chi connectivity index (χ3n) is 3.89. The summed E-state index contributed by atoms with van der Waals surface area (Å²) >= 11 is 4.41. The third-order valence-corrected chi connectivity index (χ3v) is 4.22. The molecule has 1 N–H and O–H groups in total. The lowest BCUT2D eigenvalue weighted by Gasteiger charge is -2.38. The van der Waals surface area contributed by atoms with Crippen molar-refractivity contribution in [3.8, 4) is 0 Å². The van der Waals surface area contributed by atoms with Crippen LogP contribution < -0.4 is 5.32 Å². The Morgan fingerprint density at radius 2 is 1.78 bits per heavy atom. The average molecular weight is 271 g/mol. The van der Waals surface area contributed by atoms with Gasteiger partial charge in [0, 0.05) is 24.5 Å². The number of hydrogen-bond donors (Lipinski definition) is 2. The summed E-state index contributed by atoms with van der Waals surface area (Å²) < 4.78 is 0. The van der Waals surface area contributed by atoms with Crippen molar-refractivity contribution in [1.29, 1.82) is 0 Å². The molecule has 1 spiro atoms. The van der Waals surface area contributed by atoms with E-state index in [0.29, 0.717) is 12.8 Å². The van der Waals surface area contributed by atoms with E-state index in [0.717, 1.165) is 13.1 Å². The highest BCUT2D eigenvalue weighted by Gasteiger charge is 2.53. The van der Waals surface area contributed by atoms with E-state index < -0.39 is 5.54 Å². The Balaban J connectivity index is 2.11. The van der Waals surface area contributed by atoms with E-state index in [9.17, 15) is 9.59 Å². The highest BCUT2D eigenvalue weighted by atomic mass is 32.1. The molecule has 2 fully saturated rings.